The number of hydrogen-bond donors (Lipinski definition) is 3. The predicted molar refractivity (Wildman–Crippen MR) is 171 cm³/mol. The molecule has 3 aromatic rings. The van der Waals surface area contributed by atoms with Gasteiger partial charge in [0, 0.05) is 37.1 Å². The number of aryl methyl sites for hydroxylation is 2. The number of carbonyl (C=O) groups excluding carboxylic acids is 3. The molecule has 0 atom stereocenters. The van der Waals surface area contributed by atoms with Crippen LogP contribution in [0.4, 0.5) is 55.2 Å². The van der Waals surface area contributed by atoms with Crippen molar-refractivity contribution in [3.8, 4) is 0 Å². The lowest BCUT2D eigenvalue weighted by Gasteiger charge is -2.30. The van der Waals surface area contributed by atoms with Gasteiger partial charge in [-0.05, 0) is 73.9 Å². The topological polar surface area (TPSA) is 163 Å². The number of ketones is 2. The number of nitrogens with zero attached hydrogens (tertiary/aromatic N) is 4. The van der Waals surface area contributed by atoms with Crippen molar-refractivity contribution in [3.05, 3.63) is 59.0 Å². The molecule has 3 N–H and O–H groups in total. The van der Waals surface area contributed by atoms with Crippen molar-refractivity contribution in [2.24, 2.45) is 5.92 Å². The molecule has 1 fully saturated rings. The first-order chi connectivity index (χ1) is 23.4. The summed E-state index contributed by atoms with van der Waals surface area (Å²) >= 11 is 6.35. The molecule has 20 heteroatoms. The quantitative estimate of drug-likeness (QED) is 0.209. The van der Waals surface area contributed by atoms with Gasteiger partial charge in [-0.1, -0.05) is 11.6 Å². The summed E-state index contributed by atoms with van der Waals surface area (Å²) in [4.78, 5) is 45.3. The molecule has 12 nitrogen and oxygen atoms in total. The average molecular weight is 750 g/mol. The van der Waals surface area contributed by atoms with Gasteiger partial charge in [0.15, 0.2) is 5.82 Å². The second-order valence-corrected chi connectivity index (χ2v) is 13.9. The number of benzene rings is 1. The third-order valence-corrected chi connectivity index (χ3v) is 9.81. The molecule has 0 spiro atoms. The lowest BCUT2D eigenvalue weighted by molar-refractivity contribution is -0.193. The molecule has 0 aliphatic carbocycles. The van der Waals surface area contributed by atoms with Gasteiger partial charge in [0.2, 0.25) is 21.9 Å². The maximum absolute atomic E-state index is 13.0. The van der Waals surface area contributed by atoms with Gasteiger partial charge in [-0.3, -0.25) is 19.4 Å². The van der Waals surface area contributed by atoms with Gasteiger partial charge in [0.1, 0.15) is 5.02 Å². The van der Waals surface area contributed by atoms with Crippen LogP contribution in [-0.4, -0.2) is 76.3 Å². The van der Waals surface area contributed by atoms with Crippen LogP contribution >= 0.6 is 11.6 Å². The molecule has 4 heterocycles. The van der Waals surface area contributed by atoms with Gasteiger partial charge in [-0.25, -0.2) is 17.7 Å². The smallest absolute Gasteiger partial charge is 0.339 e. The number of fused-ring (bicyclic) bond motifs is 6. The fraction of sp³-hybridized carbons (Fsp3) is 0.400. The van der Waals surface area contributed by atoms with Gasteiger partial charge in [-0.15, -0.1) is 0 Å². The zero-order valence-electron chi connectivity index (χ0n) is 26.2. The molecule has 2 aliphatic heterocycles. The molecule has 5 rings (SSSR count). The molecule has 50 heavy (non-hydrogen) atoms. The van der Waals surface area contributed by atoms with E-state index in [1.54, 1.807) is 13.1 Å². The highest BCUT2D eigenvalue weighted by Gasteiger charge is 2.54. The minimum atomic E-state index is -5.77. The summed E-state index contributed by atoms with van der Waals surface area (Å²) in [6, 6.07) is 7.75. The van der Waals surface area contributed by atoms with Crippen LogP contribution in [0, 0.1) is 5.92 Å². The number of aromatic nitrogens is 3. The van der Waals surface area contributed by atoms with E-state index in [4.69, 9.17) is 11.6 Å². The van der Waals surface area contributed by atoms with Crippen molar-refractivity contribution >= 4 is 67.9 Å². The maximum Gasteiger partial charge on any atom is 0.458 e. The predicted octanol–water partition coefficient (Wildman–Crippen LogP) is 5.75. The van der Waals surface area contributed by atoms with Crippen LogP contribution in [0.3, 0.4) is 0 Å². The molecule has 0 radical (unpaired) electrons. The van der Waals surface area contributed by atoms with Gasteiger partial charge >= 0.3 is 23.9 Å². The Labute approximate surface area is 287 Å². The van der Waals surface area contributed by atoms with Crippen molar-refractivity contribution in [2.75, 3.05) is 34.8 Å². The Morgan fingerprint density at radius 1 is 0.940 bits per heavy atom. The summed E-state index contributed by atoms with van der Waals surface area (Å²) in [5, 5.41) is 9.91. The number of alkyl halides is 6. The van der Waals surface area contributed by atoms with Crippen molar-refractivity contribution in [2.45, 2.75) is 51.4 Å². The number of anilines is 5. The van der Waals surface area contributed by atoms with E-state index in [9.17, 15) is 49.1 Å². The summed E-state index contributed by atoms with van der Waals surface area (Å²) < 4.78 is 92.8. The summed E-state index contributed by atoms with van der Waals surface area (Å²) in [7, 11) is -3.18. The average Bonchev–Trinajstić information content (AvgIpc) is 3.05. The molecule has 1 amide bonds. The highest BCUT2D eigenvalue weighted by Crippen LogP contribution is 2.30. The van der Waals surface area contributed by atoms with E-state index < -0.39 is 33.9 Å². The minimum Gasteiger partial charge on any atom is -0.339 e. The summed E-state index contributed by atoms with van der Waals surface area (Å²) in [6.45, 7) is 2.59. The van der Waals surface area contributed by atoms with Crippen LogP contribution in [0.1, 0.15) is 37.3 Å². The van der Waals surface area contributed by atoms with Crippen molar-refractivity contribution in [1.29, 1.82) is 0 Å². The van der Waals surface area contributed by atoms with E-state index in [1.165, 1.54) is 10.5 Å². The first-order valence-corrected chi connectivity index (χ1v) is 17.0. The summed E-state index contributed by atoms with van der Waals surface area (Å²) in [5.41, 5.74) is 4.31. The van der Waals surface area contributed by atoms with Crippen molar-refractivity contribution in [1.82, 2.24) is 19.3 Å². The summed E-state index contributed by atoms with van der Waals surface area (Å²) in [6.07, 6.45) is -3.35. The number of sulfonamides is 1. The lowest BCUT2D eigenvalue weighted by atomic mass is 9.94. The largest absolute Gasteiger partial charge is 0.458 e. The zero-order valence-corrected chi connectivity index (χ0v) is 27.7. The van der Waals surface area contributed by atoms with E-state index in [1.807, 2.05) is 30.5 Å². The number of hydrogen-bond acceptors (Lipinski definition) is 10. The Kier molecular flexibility index (Phi) is 12.1. The number of carbonyl (C=O) groups is 3. The molecule has 2 aliphatic rings. The molecule has 2 aromatic heterocycles. The molecular formula is C30H30ClF6N7O5S. The van der Waals surface area contributed by atoms with Crippen LogP contribution in [0.15, 0.2) is 42.9 Å². The van der Waals surface area contributed by atoms with Crippen LogP contribution in [0.2, 0.25) is 5.02 Å². The van der Waals surface area contributed by atoms with Crippen LogP contribution < -0.4 is 16.0 Å². The van der Waals surface area contributed by atoms with E-state index in [0.717, 1.165) is 34.6 Å². The number of piperidine rings is 1. The second kappa shape index (κ2) is 15.7. The second-order valence-electron chi connectivity index (χ2n) is 11.2. The fourth-order valence-corrected chi connectivity index (χ4v) is 6.32. The van der Waals surface area contributed by atoms with Gasteiger partial charge < -0.3 is 16.0 Å². The third kappa shape index (κ3) is 10.3. The molecule has 270 valence electrons. The Bertz CT molecular complexity index is 1830. The highest BCUT2D eigenvalue weighted by atomic mass is 35.5. The van der Waals surface area contributed by atoms with E-state index in [-0.39, 0.29) is 17.6 Å². The molecule has 1 aromatic carbocycles. The zero-order chi connectivity index (χ0) is 36.9. The first-order valence-electron chi connectivity index (χ1n) is 15.0. The normalized spacial score (nSPS) is 15.4. The maximum atomic E-state index is 13.0. The number of nitrogens with one attached hydrogen (secondary N) is 3. The van der Waals surface area contributed by atoms with Crippen LogP contribution in [0.25, 0.3) is 0 Å². The Morgan fingerprint density at radius 2 is 1.60 bits per heavy atom. The molecule has 0 unspecified atom stereocenters. The van der Waals surface area contributed by atoms with Crippen molar-refractivity contribution < 1.29 is 49.1 Å². The van der Waals surface area contributed by atoms with Crippen LogP contribution in [0.5, 0.6) is 0 Å². The Balaban J connectivity index is 0.000000402. The van der Waals surface area contributed by atoms with Crippen LogP contribution in [-0.2, 0) is 37.2 Å². The van der Waals surface area contributed by atoms with E-state index in [0.29, 0.717) is 55.6 Å². The Hall–Kier alpha value is -4.36. The summed E-state index contributed by atoms with van der Waals surface area (Å²) in [5.74, 6) is -5.76. The van der Waals surface area contributed by atoms with Gasteiger partial charge in [-0.2, -0.15) is 31.3 Å². The lowest BCUT2D eigenvalue weighted by Crippen LogP contribution is -2.39. The monoisotopic (exact) mass is 749 g/mol. The Morgan fingerprint density at radius 3 is 2.22 bits per heavy atom. The number of amides is 1. The number of halogens is 7. The molecular weight excluding hydrogens is 720 g/mol. The number of rotatable bonds is 6. The van der Waals surface area contributed by atoms with Crippen molar-refractivity contribution in [3.63, 3.8) is 0 Å². The SMILES string of the molecule is CCS(=O)(=O)N1CCC(CC(=O)Nc2ccc3cc2CCc2cncc(c2)Nc2ncc(Cl)c(n2)N3)CC1.O=C(C(=O)C(F)(F)F)C(F)(F)F. The van der Waals surface area contributed by atoms with Gasteiger partial charge in [0.05, 0.1) is 23.8 Å². The first kappa shape index (κ1) is 38.4. The highest BCUT2D eigenvalue weighted by molar-refractivity contribution is 7.89. The van der Waals surface area contributed by atoms with E-state index >= 15 is 0 Å². The minimum absolute atomic E-state index is 0.0713. The van der Waals surface area contributed by atoms with Gasteiger partial charge in [0.25, 0.3) is 0 Å². The fourth-order valence-electron chi connectivity index (χ4n) is 5.05. The number of pyridine rings is 1. The molecule has 1 saturated heterocycles. The standard InChI is InChI=1S/C26H30ClN7O3S.C4F6O2/c1-2-38(36,37)34-9-7-17(8-10-34)12-24(35)32-23-6-5-20-13-19(23)4-3-18-11-21(15-28-14-18)31-26-29-16-22(27)25(30-20)33-26;5-3(6,7)1(11)2(12)4(8,9)10/h5-6,11,13-17H,2-4,7-10,12H2,1H3,(H,32,35)(H2,29,30,31,33);. The molecule has 0 saturated carbocycles. The van der Waals surface area contributed by atoms with E-state index in [2.05, 4.69) is 30.9 Å². The third-order valence-electron chi connectivity index (χ3n) is 7.65. The molecule has 6 bridgehead atoms. The number of Topliss-reactive ketones (excluding diaryl/α,β-unsaturated/α-hetero) is 2.